The Kier molecular flexibility index (Phi) is 2.36. The number of hydrogen-bond donors (Lipinski definition) is 0. The maximum Gasteiger partial charge on any atom is 0.0972 e. The second kappa shape index (κ2) is 2.49. The van der Waals surface area contributed by atoms with Crippen molar-refractivity contribution in [3.63, 3.8) is 0 Å². The van der Waals surface area contributed by atoms with Crippen LogP contribution in [0.4, 0.5) is 0 Å². The van der Waals surface area contributed by atoms with Gasteiger partial charge in [-0.15, -0.1) is 0 Å². The van der Waals surface area contributed by atoms with Gasteiger partial charge >= 0.3 is 0 Å². The molecule has 1 atom stereocenters. The summed E-state index contributed by atoms with van der Waals surface area (Å²) in [5.41, 5.74) is 0. The maximum absolute atomic E-state index is 3.68. The average molecular weight is 321 g/mol. The predicted molar refractivity (Wildman–Crippen MR) is 51.8 cm³/mol. The molecular weight excluding hydrogens is 312 g/mol. The average Bonchev–Trinajstić information content (AvgIpc) is 2.07. The second-order valence-electron chi connectivity index (χ2n) is 2.60. The summed E-state index contributed by atoms with van der Waals surface area (Å²) in [5.74, 6) is 0. The molecule has 0 aromatic rings. The van der Waals surface area contributed by atoms with Crippen LogP contribution in [0.3, 0.4) is 0 Å². The Morgan fingerprint density at radius 3 is 1.89 bits per heavy atom. The molecule has 1 rings (SSSR count). The van der Waals surface area contributed by atoms with Crippen LogP contribution in [0.1, 0.15) is 26.2 Å². The summed E-state index contributed by atoms with van der Waals surface area (Å²) in [6, 6.07) is 0. The molecule has 1 fully saturated rings. The monoisotopic (exact) mass is 318 g/mol. The molecule has 0 bridgehead atoms. The third-order valence-electron chi connectivity index (χ3n) is 1.68. The standard InChI is InChI=1S/C6H9Br3/c1-2-3-5(7)4-6(5,8)9/h2-4H2,1H3. The molecule has 9 heavy (non-hydrogen) atoms. The van der Waals surface area contributed by atoms with Crippen LogP contribution in [-0.2, 0) is 0 Å². The van der Waals surface area contributed by atoms with Gasteiger partial charge in [-0.1, -0.05) is 61.1 Å². The smallest absolute Gasteiger partial charge is 0.0828 e. The van der Waals surface area contributed by atoms with Crippen molar-refractivity contribution in [1.82, 2.24) is 0 Å². The SMILES string of the molecule is CCCC1(Br)CC1(Br)Br. The highest BCUT2D eigenvalue weighted by Gasteiger charge is 2.62. The van der Waals surface area contributed by atoms with E-state index in [-0.39, 0.29) is 3.23 Å². The van der Waals surface area contributed by atoms with Crippen LogP contribution in [0.25, 0.3) is 0 Å². The fourth-order valence-corrected chi connectivity index (χ4v) is 3.90. The van der Waals surface area contributed by atoms with Crippen LogP contribution in [0, 0.1) is 0 Å². The first-order valence-corrected chi connectivity index (χ1v) is 5.46. The Morgan fingerprint density at radius 2 is 1.78 bits per heavy atom. The first-order chi connectivity index (χ1) is 4.02. The Morgan fingerprint density at radius 1 is 1.33 bits per heavy atom. The molecule has 0 N–H and O–H groups in total. The van der Waals surface area contributed by atoms with E-state index in [0.29, 0.717) is 4.32 Å². The molecule has 1 aliphatic carbocycles. The van der Waals surface area contributed by atoms with E-state index >= 15 is 0 Å². The van der Waals surface area contributed by atoms with E-state index in [0.717, 1.165) is 0 Å². The largest absolute Gasteiger partial charge is 0.0972 e. The lowest BCUT2D eigenvalue weighted by Gasteiger charge is -2.06. The lowest BCUT2D eigenvalue weighted by Crippen LogP contribution is -2.05. The van der Waals surface area contributed by atoms with E-state index in [9.17, 15) is 0 Å². The van der Waals surface area contributed by atoms with E-state index in [1.807, 2.05) is 0 Å². The van der Waals surface area contributed by atoms with Gasteiger partial charge < -0.3 is 0 Å². The van der Waals surface area contributed by atoms with E-state index in [4.69, 9.17) is 0 Å². The highest BCUT2D eigenvalue weighted by molar-refractivity contribution is 9.26. The molecule has 3 heteroatoms. The third-order valence-corrected chi connectivity index (χ3v) is 6.18. The minimum atomic E-state index is 0.197. The summed E-state index contributed by atoms with van der Waals surface area (Å²) in [6.07, 6.45) is 3.67. The van der Waals surface area contributed by atoms with Crippen LogP contribution in [0.2, 0.25) is 0 Å². The number of hydrogen-bond acceptors (Lipinski definition) is 0. The number of halogens is 3. The lowest BCUT2D eigenvalue weighted by atomic mass is 10.2. The zero-order valence-electron chi connectivity index (χ0n) is 5.26. The molecule has 0 aromatic carbocycles. The summed E-state index contributed by atoms with van der Waals surface area (Å²) in [7, 11) is 0. The summed E-state index contributed by atoms with van der Waals surface area (Å²) in [4.78, 5) is 0. The van der Waals surface area contributed by atoms with Gasteiger partial charge in [0.15, 0.2) is 0 Å². The Labute approximate surface area is 81.2 Å². The van der Waals surface area contributed by atoms with Crippen LogP contribution in [-0.4, -0.2) is 7.56 Å². The molecule has 0 spiro atoms. The van der Waals surface area contributed by atoms with Crippen molar-refractivity contribution in [2.75, 3.05) is 0 Å². The second-order valence-corrected chi connectivity index (χ2v) is 7.89. The van der Waals surface area contributed by atoms with Gasteiger partial charge in [-0.25, -0.2) is 0 Å². The molecule has 0 amide bonds. The quantitative estimate of drug-likeness (QED) is 0.679. The topological polar surface area (TPSA) is 0 Å². The molecule has 0 aromatic heterocycles. The molecule has 0 aliphatic heterocycles. The van der Waals surface area contributed by atoms with Gasteiger partial charge in [-0.05, 0) is 12.8 Å². The van der Waals surface area contributed by atoms with E-state index in [1.165, 1.54) is 19.3 Å². The fourth-order valence-electron chi connectivity index (χ4n) is 0.975. The molecular formula is C6H9Br3. The van der Waals surface area contributed by atoms with Crippen LogP contribution >= 0.6 is 47.8 Å². The number of alkyl halides is 3. The van der Waals surface area contributed by atoms with Crippen LogP contribution in [0.15, 0.2) is 0 Å². The van der Waals surface area contributed by atoms with Gasteiger partial charge in [0.2, 0.25) is 0 Å². The maximum atomic E-state index is 3.68. The normalized spacial score (nSPS) is 38.7. The fraction of sp³-hybridized carbons (Fsp3) is 1.00. The molecule has 0 saturated heterocycles. The third kappa shape index (κ3) is 1.54. The highest BCUT2D eigenvalue weighted by atomic mass is 79.9. The first kappa shape index (κ1) is 8.54. The lowest BCUT2D eigenvalue weighted by molar-refractivity contribution is 0.758. The zero-order valence-corrected chi connectivity index (χ0v) is 10.0. The zero-order chi connectivity index (χ0) is 7.12. The first-order valence-electron chi connectivity index (χ1n) is 3.08. The Hall–Kier alpha value is 1.44. The number of rotatable bonds is 2. The van der Waals surface area contributed by atoms with Crippen LogP contribution in [0.5, 0.6) is 0 Å². The van der Waals surface area contributed by atoms with Crippen molar-refractivity contribution in [3.8, 4) is 0 Å². The van der Waals surface area contributed by atoms with Crippen molar-refractivity contribution in [1.29, 1.82) is 0 Å². The summed E-state index contributed by atoms with van der Waals surface area (Å²) in [5, 5.41) is 0. The summed E-state index contributed by atoms with van der Waals surface area (Å²) >= 11 is 10.8. The van der Waals surface area contributed by atoms with E-state index < -0.39 is 0 Å². The highest BCUT2D eigenvalue weighted by Crippen LogP contribution is 2.66. The van der Waals surface area contributed by atoms with Gasteiger partial charge in [-0.3, -0.25) is 0 Å². The molecule has 1 unspecified atom stereocenters. The van der Waals surface area contributed by atoms with Gasteiger partial charge in [0.25, 0.3) is 0 Å². The molecule has 54 valence electrons. The minimum Gasteiger partial charge on any atom is -0.0828 e. The predicted octanol–water partition coefficient (Wildman–Crippen LogP) is 3.81. The van der Waals surface area contributed by atoms with Crippen molar-refractivity contribution in [2.45, 2.75) is 33.7 Å². The van der Waals surface area contributed by atoms with Crippen molar-refractivity contribution >= 4 is 47.8 Å². The molecule has 0 heterocycles. The molecule has 0 nitrogen and oxygen atoms in total. The van der Waals surface area contributed by atoms with Crippen molar-refractivity contribution < 1.29 is 0 Å². The Bertz CT molecular complexity index is 121. The molecule has 1 aliphatic rings. The van der Waals surface area contributed by atoms with Gasteiger partial charge in [-0.2, -0.15) is 0 Å². The van der Waals surface area contributed by atoms with Crippen molar-refractivity contribution in [3.05, 3.63) is 0 Å². The van der Waals surface area contributed by atoms with Gasteiger partial charge in [0.1, 0.15) is 0 Å². The Balaban J connectivity index is 2.42. The van der Waals surface area contributed by atoms with Gasteiger partial charge in [0.05, 0.1) is 7.56 Å². The van der Waals surface area contributed by atoms with Crippen LogP contribution < -0.4 is 0 Å². The molecule has 1 saturated carbocycles. The summed E-state index contributed by atoms with van der Waals surface area (Å²) in [6.45, 7) is 2.21. The van der Waals surface area contributed by atoms with Gasteiger partial charge in [0, 0.05) is 0 Å². The summed E-state index contributed by atoms with van der Waals surface area (Å²) < 4.78 is 0.539. The van der Waals surface area contributed by atoms with E-state index in [2.05, 4.69) is 54.7 Å². The van der Waals surface area contributed by atoms with Crippen molar-refractivity contribution in [2.24, 2.45) is 0 Å². The molecule has 0 radical (unpaired) electrons. The minimum absolute atomic E-state index is 0.197. The van der Waals surface area contributed by atoms with E-state index in [1.54, 1.807) is 0 Å².